The Labute approximate surface area is 221 Å². The molecule has 1 aliphatic heterocycles. The summed E-state index contributed by atoms with van der Waals surface area (Å²) in [6.07, 6.45) is -0.0299. The molecule has 5 rings (SSSR count). The van der Waals surface area contributed by atoms with Gasteiger partial charge >= 0.3 is 6.18 Å². The molecular formula is C31H32F3N3O. The summed E-state index contributed by atoms with van der Waals surface area (Å²) in [5, 5.41) is 3.95. The number of amides is 1. The molecule has 0 bridgehead atoms. The quantitative estimate of drug-likeness (QED) is 0.276. The lowest BCUT2D eigenvalue weighted by atomic mass is 9.87. The van der Waals surface area contributed by atoms with E-state index in [1.165, 1.54) is 25.0 Å². The standard InChI is InChI=1S/C31H32F3N3O/c32-31(33,34)25-12-8-11-24(19-25)27(20-30(38)35-15-18-36-16-6-7-17-36)28-22-37(21-23-9-2-1-3-10-23)29-14-5-4-13-26(28)29/h1-5,8-14,19,22,27H,6-7,15-18,20-21H2,(H,35,38)/t27-/m1/s1. The molecule has 198 valence electrons. The number of nitrogens with zero attached hydrogens (tertiary/aromatic N) is 2. The molecule has 3 aromatic carbocycles. The predicted molar refractivity (Wildman–Crippen MR) is 144 cm³/mol. The first-order valence-corrected chi connectivity index (χ1v) is 13.2. The third kappa shape index (κ3) is 6.10. The number of alkyl halides is 3. The van der Waals surface area contributed by atoms with Gasteiger partial charge in [-0.3, -0.25) is 4.79 Å². The highest BCUT2D eigenvalue weighted by molar-refractivity contribution is 5.86. The summed E-state index contributed by atoms with van der Waals surface area (Å²) >= 11 is 0. The Hall–Kier alpha value is -3.58. The second-order valence-corrected chi connectivity index (χ2v) is 9.99. The van der Waals surface area contributed by atoms with Gasteiger partial charge in [0, 0.05) is 49.1 Å². The minimum absolute atomic E-state index is 0.0701. The lowest BCUT2D eigenvalue weighted by Gasteiger charge is -2.20. The predicted octanol–water partition coefficient (Wildman–Crippen LogP) is 6.44. The Kier molecular flexibility index (Phi) is 7.84. The lowest BCUT2D eigenvalue weighted by Crippen LogP contribution is -2.34. The van der Waals surface area contributed by atoms with Crippen LogP contribution in [0.5, 0.6) is 0 Å². The molecule has 0 unspecified atom stereocenters. The number of rotatable bonds is 9. The summed E-state index contributed by atoms with van der Waals surface area (Å²) in [6, 6.07) is 23.3. The molecule has 1 amide bonds. The van der Waals surface area contributed by atoms with Crippen LogP contribution in [0.15, 0.2) is 85.1 Å². The van der Waals surface area contributed by atoms with Crippen molar-refractivity contribution in [3.8, 4) is 0 Å². The lowest BCUT2D eigenvalue weighted by molar-refractivity contribution is -0.137. The highest BCUT2D eigenvalue weighted by Gasteiger charge is 2.32. The molecular weight excluding hydrogens is 487 g/mol. The summed E-state index contributed by atoms with van der Waals surface area (Å²) in [4.78, 5) is 15.5. The van der Waals surface area contributed by atoms with Crippen LogP contribution in [0.1, 0.15) is 47.4 Å². The third-order valence-electron chi connectivity index (χ3n) is 7.35. The highest BCUT2D eigenvalue weighted by atomic mass is 19.4. The zero-order chi connectivity index (χ0) is 26.5. The normalized spacial score (nSPS) is 15.1. The van der Waals surface area contributed by atoms with Gasteiger partial charge in [0.1, 0.15) is 0 Å². The Morgan fingerprint density at radius 1 is 0.921 bits per heavy atom. The monoisotopic (exact) mass is 519 g/mol. The van der Waals surface area contributed by atoms with Gasteiger partial charge in [-0.1, -0.05) is 66.7 Å². The molecule has 1 saturated heterocycles. The first-order chi connectivity index (χ1) is 18.4. The Morgan fingerprint density at radius 2 is 1.66 bits per heavy atom. The maximum Gasteiger partial charge on any atom is 0.416 e. The number of hydrogen-bond acceptors (Lipinski definition) is 2. The molecule has 1 N–H and O–H groups in total. The molecule has 2 heterocycles. The van der Waals surface area contributed by atoms with Crippen LogP contribution < -0.4 is 5.32 Å². The van der Waals surface area contributed by atoms with Crippen LogP contribution >= 0.6 is 0 Å². The summed E-state index contributed by atoms with van der Waals surface area (Å²) in [5.74, 6) is -0.683. The van der Waals surface area contributed by atoms with E-state index in [2.05, 4.69) is 14.8 Å². The molecule has 7 heteroatoms. The van der Waals surface area contributed by atoms with Gasteiger partial charge in [-0.05, 0) is 54.8 Å². The second kappa shape index (κ2) is 11.4. The van der Waals surface area contributed by atoms with Crippen molar-refractivity contribution in [2.45, 2.75) is 37.9 Å². The molecule has 0 aliphatic carbocycles. The van der Waals surface area contributed by atoms with E-state index in [-0.39, 0.29) is 12.3 Å². The van der Waals surface area contributed by atoms with E-state index < -0.39 is 17.7 Å². The van der Waals surface area contributed by atoms with E-state index in [4.69, 9.17) is 0 Å². The fraction of sp³-hybridized carbons (Fsp3) is 0.323. The first-order valence-electron chi connectivity index (χ1n) is 13.2. The van der Waals surface area contributed by atoms with Crippen LogP contribution in [0.25, 0.3) is 10.9 Å². The van der Waals surface area contributed by atoms with Gasteiger partial charge in [0.05, 0.1) is 5.56 Å². The van der Waals surface area contributed by atoms with Crippen LogP contribution in [0.3, 0.4) is 0 Å². The number of para-hydroxylation sites is 1. The topological polar surface area (TPSA) is 37.3 Å². The molecule has 1 aliphatic rings. The number of fused-ring (bicyclic) bond motifs is 1. The minimum Gasteiger partial charge on any atom is -0.355 e. The zero-order valence-corrected chi connectivity index (χ0v) is 21.3. The summed E-state index contributed by atoms with van der Waals surface area (Å²) in [7, 11) is 0. The average molecular weight is 520 g/mol. The summed E-state index contributed by atoms with van der Waals surface area (Å²) in [6.45, 7) is 4.03. The van der Waals surface area contributed by atoms with Crippen molar-refractivity contribution < 1.29 is 18.0 Å². The van der Waals surface area contributed by atoms with Crippen LogP contribution in [0.4, 0.5) is 13.2 Å². The van der Waals surface area contributed by atoms with Gasteiger partial charge in [-0.15, -0.1) is 0 Å². The maximum atomic E-state index is 13.6. The molecule has 0 saturated carbocycles. The molecule has 0 spiro atoms. The van der Waals surface area contributed by atoms with Crippen molar-refractivity contribution in [3.05, 3.63) is 107 Å². The number of nitrogens with one attached hydrogen (secondary N) is 1. The first kappa shape index (κ1) is 26.0. The molecule has 38 heavy (non-hydrogen) atoms. The number of carbonyl (C=O) groups is 1. The fourth-order valence-electron chi connectivity index (χ4n) is 5.42. The van der Waals surface area contributed by atoms with Crippen LogP contribution in [-0.2, 0) is 17.5 Å². The molecule has 1 aromatic heterocycles. The number of halogens is 3. The van der Waals surface area contributed by atoms with Crippen LogP contribution in [-0.4, -0.2) is 41.6 Å². The van der Waals surface area contributed by atoms with Crippen molar-refractivity contribution in [2.75, 3.05) is 26.2 Å². The molecule has 4 aromatic rings. The molecule has 1 atom stereocenters. The SMILES string of the molecule is O=C(C[C@H](c1cccc(C(F)(F)F)c1)c1cn(Cc2ccccc2)c2ccccc12)NCCN1CCCC1. The minimum atomic E-state index is -4.46. The summed E-state index contributed by atoms with van der Waals surface area (Å²) < 4.78 is 43.0. The molecule has 0 radical (unpaired) electrons. The van der Waals surface area contributed by atoms with Crippen LogP contribution in [0.2, 0.25) is 0 Å². The molecule has 1 fully saturated rings. The number of hydrogen-bond donors (Lipinski definition) is 1. The maximum absolute atomic E-state index is 13.6. The number of carbonyl (C=O) groups excluding carboxylic acids is 1. The van der Waals surface area contributed by atoms with Gasteiger partial charge in [-0.25, -0.2) is 0 Å². The average Bonchev–Trinajstić information content (AvgIpc) is 3.56. The van der Waals surface area contributed by atoms with Gasteiger partial charge in [-0.2, -0.15) is 13.2 Å². The van der Waals surface area contributed by atoms with Crippen molar-refractivity contribution in [1.29, 1.82) is 0 Å². The Balaban J connectivity index is 1.48. The fourth-order valence-corrected chi connectivity index (χ4v) is 5.42. The number of aromatic nitrogens is 1. The van der Waals surface area contributed by atoms with Crippen LogP contribution in [0, 0.1) is 0 Å². The summed E-state index contributed by atoms with van der Waals surface area (Å²) in [5.41, 5.74) is 2.73. The smallest absolute Gasteiger partial charge is 0.355 e. The Bertz CT molecular complexity index is 1370. The zero-order valence-electron chi connectivity index (χ0n) is 21.3. The Morgan fingerprint density at radius 3 is 2.42 bits per heavy atom. The largest absolute Gasteiger partial charge is 0.416 e. The number of benzene rings is 3. The van der Waals surface area contributed by atoms with E-state index in [1.807, 2.05) is 60.8 Å². The van der Waals surface area contributed by atoms with Gasteiger partial charge < -0.3 is 14.8 Å². The van der Waals surface area contributed by atoms with Gasteiger partial charge in [0.25, 0.3) is 0 Å². The third-order valence-corrected chi connectivity index (χ3v) is 7.35. The number of likely N-dealkylation sites (tertiary alicyclic amines) is 1. The van der Waals surface area contributed by atoms with Crippen molar-refractivity contribution in [2.24, 2.45) is 0 Å². The van der Waals surface area contributed by atoms with Crippen molar-refractivity contribution >= 4 is 16.8 Å². The van der Waals surface area contributed by atoms with E-state index in [1.54, 1.807) is 6.07 Å². The van der Waals surface area contributed by atoms with Gasteiger partial charge in [0.15, 0.2) is 0 Å². The van der Waals surface area contributed by atoms with Crippen molar-refractivity contribution in [3.63, 3.8) is 0 Å². The van der Waals surface area contributed by atoms with E-state index in [0.717, 1.165) is 47.7 Å². The van der Waals surface area contributed by atoms with Gasteiger partial charge in [0.2, 0.25) is 5.91 Å². The van der Waals surface area contributed by atoms with E-state index >= 15 is 0 Å². The highest BCUT2D eigenvalue weighted by Crippen LogP contribution is 2.38. The molecule has 4 nitrogen and oxygen atoms in total. The van der Waals surface area contributed by atoms with E-state index in [9.17, 15) is 18.0 Å². The van der Waals surface area contributed by atoms with Crippen molar-refractivity contribution in [1.82, 2.24) is 14.8 Å². The van der Waals surface area contributed by atoms with E-state index in [0.29, 0.717) is 18.7 Å². The second-order valence-electron chi connectivity index (χ2n) is 9.99.